The van der Waals surface area contributed by atoms with E-state index in [1.807, 2.05) is 30.3 Å². The van der Waals surface area contributed by atoms with Crippen molar-refractivity contribution >= 4 is 21.7 Å². The number of benzene rings is 2. The number of ether oxygens (including phenoxy) is 2. The van der Waals surface area contributed by atoms with Gasteiger partial charge in [-0.1, -0.05) is 24.3 Å². The van der Waals surface area contributed by atoms with Crippen LogP contribution in [0.2, 0.25) is 0 Å². The molecule has 3 aliphatic rings. The van der Waals surface area contributed by atoms with Gasteiger partial charge >= 0.3 is 0 Å². The minimum Gasteiger partial charge on any atom is -0.454 e. The summed E-state index contributed by atoms with van der Waals surface area (Å²) in [4.78, 5) is 18.1. The number of sulfonamides is 1. The number of nitrogens with zero attached hydrogens (tertiary/aromatic N) is 2. The molecule has 9 heteroatoms. The van der Waals surface area contributed by atoms with Crippen molar-refractivity contribution in [1.82, 2.24) is 9.29 Å². The maximum atomic E-state index is 13.2. The van der Waals surface area contributed by atoms with Crippen LogP contribution in [0.4, 0.5) is 5.82 Å². The van der Waals surface area contributed by atoms with Crippen LogP contribution in [0.5, 0.6) is 11.5 Å². The van der Waals surface area contributed by atoms with E-state index in [1.54, 1.807) is 30.3 Å². The number of nitrogens with one attached hydrogen (secondary N) is 1. The average Bonchev–Trinajstić information content (AvgIpc) is 3.27. The largest absolute Gasteiger partial charge is 0.454 e. The third-order valence-corrected chi connectivity index (χ3v) is 8.87. The number of hydrogen-bond donors (Lipinski definition) is 1. The predicted molar refractivity (Wildman–Crippen MR) is 132 cm³/mol. The zero-order valence-electron chi connectivity index (χ0n) is 19.1. The smallest absolute Gasteiger partial charge is 0.243 e. The summed E-state index contributed by atoms with van der Waals surface area (Å²) < 4.78 is 38.0. The number of amides is 1. The summed E-state index contributed by atoms with van der Waals surface area (Å²) in [5, 5.41) is 2.97. The van der Waals surface area contributed by atoms with Gasteiger partial charge in [-0.25, -0.2) is 13.4 Å². The van der Waals surface area contributed by atoms with Gasteiger partial charge in [0.2, 0.25) is 22.7 Å². The SMILES string of the molecule is O=C(Nc1cccc(-c2ccc(S(=O)(=O)N3CCCC3)cc2)n1)C1(c2ccc3c(c2)OCO3)CC1.[HH]. The summed E-state index contributed by atoms with van der Waals surface area (Å²) in [5.74, 6) is 1.71. The Hall–Kier alpha value is -3.43. The Kier molecular flexibility index (Phi) is 5.26. The van der Waals surface area contributed by atoms with Gasteiger partial charge < -0.3 is 14.8 Å². The highest BCUT2D eigenvalue weighted by atomic mass is 32.2. The first kappa shape index (κ1) is 22.1. The lowest BCUT2D eigenvalue weighted by molar-refractivity contribution is -0.118. The Balaban J connectivity index is 0.00000267. The van der Waals surface area contributed by atoms with Crippen molar-refractivity contribution in [2.24, 2.45) is 0 Å². The van der Waals surface area contributed by atoms with Crippen LogP contribution < -0.4 is 14.8 Å². The third-order valence-electron chi connectivity index (χ3n) is 6.95. The van der Waals surface area contributed by atoms with Gasteiger partial charge in [0, 0.05) is 20.1 Å². The lowest BCUT2D eigenvalue weighted by Gasteiger charge is -2.17. The average molecular weight is 494 g/mol. The zero-order valence-corrected chi connectivity index (χ0v) is 19.9. The van der Waals surface area contributed by atoms with Crippen LogP contribution in [-0.4, -0.2) is 43.5 Å². The molecular formula is C26H27N3O5S. The highest BCUT2D eigenvalue weighted by Crippen LogP contribution is 2.51. The number of hydrogen-bond acceptors (Lipinski definition) is 6. The molecule has 0 atom stereocenters. The van der Waals surface area contributed by atoms with Crippen molar-refractivity contribution in [3.05, 3.63) is 66.2 Å². The van der Waals surface area contributed by atoms with E-state index in [2.05, 4.69) is 10.3 Å². The lowest BCUT2D eigenvalue weighted by atomic mass is 9.94. The Labute approximate surface area is 205 Å². The normalized spacial score (nSPS) is 18.4. The Morgan fingerprint density at radius 2 is 1.71 bits per heavy atom. The standard InChI is InChI=1S/C26H25N3O5S.H2/c30-25(26(12-13-26)19-8-11-22-23(16-19)34-17-33-22)28-24-5-3-4-21(27-24)18-6-9-20(10-7-18)35(31,32)29-14-1-2-15-29;/h3-11,16H,1-2,12-15,17H2,(H,27,28,30);1H. The van der Waals surface area contributed by atoms with Crippen molar-refractivity contribution in [3.8, 4) is 22.8 Å². The molecule has 1 amide bonds. The van der Waals surface area contributed by atoms with E-state index in [-0.39, 0.29) is 19.0 Å². The van der Waals surface area contributed by atoms with Crippen LogP contribution in [0.25, 0.3) is 11.3 Å². The van der Waals surface area contributed by atoms with Crippen molar-refractivity contribution in [2.45, 2.75) is 36.0 Å². The maximum Gasteiger partial charge on any atom is 0.243 e. The fraction of sp³-hybridized carbons (Fsp3) is 0.308. The Morgan fingerprint density at radius 1 is 0.971 bits per heavy atom. The highest BCUT2D eigenvalue weighted by Gasteiger charge is 2.51. The summed E-state index contributed by atoms with van der Waals surface area (Å²) >= 11 is 0. The van der Waals surface area contributed by atoms with Crippen molar-refractivity contribution in [1.29, 1.82) is 0 Å². The lowest BCUT2D eigenvalue weighted by Crippen LogP contribution is -2.28. The first-order valence-electron chi connectivity index (χ1n) is 11.7. The van der Waals surface area contributed by atoms with Crippen LogP contribution in [0.15, 0.2) is 65.6 Å². The fourth-order valence-electron chi connectivity index (χ4n) is 4.74. The summed E-state index contributed by atoms with van der Waals surface area (Å²) in [7, 11) is -3.46. The van der Waals surface area contributed by atoms with E-state index in [9.17, 15) is 13.2 Å². The van der Waals surface area contributed by atoms with E-state index in [1.165, 1.54) is 4.31 Å². The van der Waals surface area contributed by atoms with Crippen LogP contribution >= 0.6 is 0 Å². The van der Waals surface area contributed by atoms with Crippen molar-refractivity contribution < 1.29 is 24.1 Å². The van der Waals surface area contributed by atoms with Gasteiger partial charge in [0.15, 0.2) is 11.5 Å². The molecule has 8 nitrogen and oxygen atoms in total. The molecule has 0 unspecified atom stereocenters. The molecule has 1 aromatic heterocycles. The third kappa shape index (κ3) is 3.94. The van der Waals surface area contributed by atoms with E-state index >= 15 is 0 Å². The van der Waals surface area contributed by atoms with Crippen molar-refractivity contribution in [3.63, 3.8) is 0 Å². The molecule has 0 spiro atoms. The highest BCUT2D eigenvalue weighted by molar-refractivity contribution is 7.89. The van der Waals surface area contributed by atoms with E-state index in [0.29, 0.717) is 36.1 Å². The molecular weight excluding hydrogens is 466 g/mol. The van der Waals surface area contributed by atoms with Crippen molar-refractivity contribution in [2.75, 3.05) is 25.2 Å². The van der Waals surface area contributed by atoms with Crippen LogP contribution in [-0.2, 0) is 20.2 Å². The van der Waals surface area contributed by atoms with Gasteiger partial charge in [0.1, 0.15) is 5.82 Å². The molecule has 1 saturated heterocycles. The first-order valence-corrected chi connectivity index (χ1v) is 13.2. The molecule has 1 aliphatic carbocycles. The second kappa shape index (κ2) is 8.35. The number of carbonyl (C=O) groups is 1. The predicted octanol–water partition coefficient (Wildman–Crippen LogP) is 4.18. The number of aromatic nitrogens is 1. The summed E-state index contributed by atoms with van der Waals surface area (Å²) in [6, 6.07) is 17.8. The van der Waals surface area contributed by atoms with Gasteiger partial charge in [-0.3, -0.25) is 4.79 Å². The number of fused-ring (bicyclic) bond motifs is 1. The molecule has 1 N–H and O–H groups in total. The minimum absolute atomic E-state index is 0. The summed E-state index contributed by atoms with van der Waals surface area (Å²) in [6.07, 6.45) is 3.31. The molecule has 182 valence electrons. The van der Waals surface area contributed by atoms with Crippen LogP contribution in [0.1, 0.15) is 32.7 Å². The topological polar surface area (TPSA) is 97.8 Å². The monoisotopic (exact) mass is 493 g/mol. The van der Waals surface area contributed by atoms with Crippen LogP contribution in [0.3, 0.4) is 0 Å². The molecule has 3 heterocycles. The molecule has 0 radical (unpaired) electrons. The Bertz CT molecular complexity index is 1400. The second-order valence-electron chi connectivity index (χ2n) is 9.15. The number of anilines is 1. The molecule has 2 fully saturated rings. The zero-order chi connectivity index (χ0) is 24.0. The second-order valence-corrected chi connectivity index (χ2v) is 11.1. The quantitative estimate of drug-likeness (QED) is 0.553. The molecule has 2 aromatic carbocycles. The molecule has 6 rings (SSSR count). The molecule has 35 heavy (non-hydrogen) atoms. The number of rotatable bonds is 6. The van der Waals surface area contributed by atoms with E-state index in [4.69, 9.17) is 9.47 Å². The van der Waals surface area contributed by atoms with Gasteiger partial charge in [-0.05, 0) is 67.6 Å². The Morgan fingerprint density at radius 3 is 2.46 bits per heavy atom. The first-order chi connectivity index (χ1) is 17.0. The number of carbonyl (C=O) groups excluding carboxylic acids is 1. The number of pyridine rings is 1. The molecule has 3 aromatic rings. The van der Waals surface area contributed by atoms with Gasteiger partial charge in [0.25, 0.3) is 0 Å². The minimum atomic E-state index is -3.46. The van der Waals surface area contributed by atoms with E-state index < -0.39 is 15.4 Å². The molecule has 1 saturated carbocycles. The van der Waals surface area contributed by atoms with Gasteiger partial charge in [-0.2, -0.15) is 4.31 Å². The summed E-state index contributed by atoms with van der Waals surface area (Å²) in [5.41, 5.74) is 1.74. The molecule has 0 bridgehead atoms. The maximum absolute atomic E-state index is 13.2. The fourth-order valence-corrected chi connectivity index (χ4v) is 6.26. The summed E-state index contributed by atoms with van der Waals surface area (Å²) in [6.45, 7) is 1.34. The molecule has 2 aliphatic heterocycles. The van der Waals surface area contributed by atoms with Gasteiger partial charge in [0.05, 0.1) is 16.0 Å². The van der Waals surface area contributed by atoms with Gasteiger partial charge in [-0.15, -0.1) is 0 Å². The van der Waals surface area contributed by atoms with Crippen LogP contribution in [0, 0.1) is 0 Å². The van der Waals surface area contributed by atoms with E-state index in [0.717, 1.165) is 36.8 Å².